The molecule has 12 heteroatoms. The first-order chi connectivity index (χ1) is 19.2. The molecule has 10 nitrogen and oxygen atoms in total. The molecule has 4 aromatic rings. The number of guanidine groups is 1. The van der Waals surface area contributed by atoms with E-state index in [1.165, 1.54) is 0 Å². The zero-order valence-electron chi connectivity index (χ0n) is 21.4. The van der Waals surface area contributed by atoms with Crippen LogP contribution in [-0.2, 0) is 9.59 Å². The number of amides is 1. The summed E-state index contributed by atoms with van der Waals surface area (Å²) in [7, 11) is 0. The van der Waals surface area contributed by atoms with Crippen molar-refractivity contribution >= 4 is 51.8 Å². The van der Waals surface area contributed by atoms with Gasteiger partial charge in [-0.25, -0.2) is 9.48 Å². The Morgan fingerprint density at radius 3 is 2.48 bits per heavy atom. The molecule has 0 fully saturated rings. The van der Waals surface area contributed by atoms with E-state index in [0.29, 0.717) is 40.1 Å². The Morgan fingerprint density at radius 1 is 1.05 bits per heavy atom. The first-order valence-electron chi connectivity index (χ1n) is 12.5. The number of fused-ring (bicyclic) bond motifs is 1. The third-order valence-corrected chi connectivity index (χ3v) is 6.45. The Bertz CT molecular complexity index is 1520. The topological polar surface area (TPSA) is 155 Å². The number of aliphatic carboxylic acids is 1. The number of carbonyl (C=O) groups is 2. The second-order valence-corrected chi connectivity index (χ2v) is 9.88. The molecule has 0 saturated heterocycles. The van der Waals surface area contributed by atoms with Gasteiger partial charge < -0.3 is 26.2 Å². The SMILES string of the molecule is N=C(N)NCCC[C@H](NC(=O)CCOc1cc(-c2cc(Cl)cc(Cl)c2)nn1-c1ccc2ccccc2c1)C(=O)O. The Labute approximate surface area is 240 Å². The van der Waals surface area contributed by atoms with Crippen LogP contribution in [-0.4, -0.2) is 51.9 Å². The minimum atomic E-state index is -1.14. The summed E-state index contributed by atoms with van der Waals surface area (Å²) in [5.41, 5.74) is 7.25. The van der Waals surface area contributed by atoms with Crippen LogP contribution in [0.3, 0.4) is 0 Å². The van der Waals surface area contributed by atoms with E-state index in [0.717, 1.165) is 16.5 Å². The van der Waals surface area contributed by atoms with Gasteiger partial charge in [0.2, 0.25) is 11.8 Å². The summed E-state index contributed by atoms with van der Waals surface area (Å²) in [6.45, 7) is 0.316. The standard InChI is InChI=1S/C28H28Cl2N6O4/c29-20-12-19(13-21(30)15-20)24-16-26(36(35-24)22-8-7-17-4-1-2-5-18(17)14-22)40-11-9-25(37)34-23(27(38)39)6-3-10-33-28(31)32/h1-2,4-5,7-8,12-16,23H,3,6,9-11H2,(H,34,37)(H,38,39)(H4,31,32,33)/t23-/m0/s1. The lowest BCUT2D eigenvalue weighted by Gasteiger charge is -2.15. The van der Waals surface area contributed by atoms with Crippen LogP contribution in [0.1, 0.15) is 19.3 Å². The molecule has 208 valence electrons. The number of nitrogens with two attached hydrogens (primary N) is 1. The van der Waals surface area contributed by atoms with Crippen LogP contribution < -0.4 is 21.1 Å². The summed E-state index contributed by atoms with van der Waals surface area (Å²) in [5.74, 6) is -1.42. The maximum Gasteiger partial charge on any atom is 0.326 e. The molecule has 6 N–H and O–H groups in total. The number of carboxylic acid groups (broad SMARTS) is 1. The van der Waals surface area contributed by atoms with Gasteiger partial charge in [-0.2, -0.15) is 5.10 Å². The van der Waals surface area contributed by atoms with Gasteiger partial charge in [0, 0.05) is 28.2 Å². The maximum absolute atomic E-state index is 12.5. The van der Waals surface area contributed by atoms with Gasteiger partial charge in [-0.05, 0) is 53.9 Å². The van der Waals surface area contributed by atoms with Crippen LogP contribution in [0.15, 0.2) is 66.7 Å². The molecule has 3 aromatic carbocycles. The minimum Gasteiger partial charge on any atom is -0.480 e. The van der Waals surface area contributed by atoms with Crippen LogP contribution in [0.5, 0.6) is 5.88 Å². The third-order valence-electron chi connectivity index (χ3n) is 6.01. The molecular weight excluding hydrogens is 555 g/mol. The zero-order valence-corrected chi connectivity index (χ0v) is 22.9. The second kappa shape index (κ2) is 13.2. The van der Waals surface area contributed by atoms with Crippen molar-refractivity contribution < 1.29 is 19.4 Å². The first kappa shape index (κ1) is 28.7. The van der Waals surface area contributed by atoms with Crippen molar-refractivity contribution in [1.82, 2.24) is 20.4 Å². The van der Waals surface area contributed by atoms with Crippen LogP contribution in [0.2, 0.25) is 10.0 Å². The molecule has 1 atom stereocenters. The van der Waals surface area contributed by atoms with Gasteiger partial charge in [0.1, 0.15) is 6.04 Å². The number of halogens is 2. The van der Waals surface area contributed by atoms with Gasteiger partial charge >= 0.3 is 5.97 Å². The lowest BCUT2D eigenvalue weighted by Crippen LogP contribution is -2.42. The molecule has 0 saturated carbocycles. The maximum atomic E-state index is 12.5. The highest BCUT2D eigenvalue weighted by molar-refractivity contribution is 6.35. The van der Waals surface area contributed by atoms with Crippen molar-refractivity contribution in [3.63, 3.8) is 0 Å². The number of nitrogens with zero attached hydrogens (tertiary/aromatic N) is 2. The molecule has 0 spiro atoms. The minimum absolute atomic E-state index is 0.0148. The van der Waals surface area contributed by atoms with E-state index >= 15 is 0 Å². The second-order valence-electron chi connectivity index (χ2n) is 9.01. The molecule has 0 bridgehead atoms. The predicted molar refractivity (Wildman–Crippen MR) is 155 cm³/mol. The number of hydrogen-bond acceptors (Lipinski definition) is 5. The van der Waals surface area contributed by atoms with Crippen molar-refractivity contribution in [3.05, 3.63) is 76.8 Å². The van der Waals surface area contributed by atoms with Gasteiger partial charge in [0.05, 0.1) is 24.4 Å². The van der Waals surface area contributed by atoms with E-state index in [9.17, 15) is 14.7 Å². The number of carbonyl (C=O) groups excluding carboxylic acids is 1. The molecular formula is C28H28Cl2N6O4. The highest BCUT2D eigenvalue weighted by Crippen LogP contribution is 2.31. The van der Waals surface area contributed by atoms with Gasteiger partial charge in [0.25, 0.3) is 0 Å². The van der Waals surface area contributed by atoms with Crippen molar-refractivity contribution in [2.24, 2.45) is 5.73 Å². The van der Waals surface area contributed by atoms with Crippen LogP contribution in [0.4, 0.5) is 0 Å². The Hall–Kier alpha value is -4.28. The van der Waals surface area contributed by atoms with Crippen LogP contribution in [0, 0.1) is 5.41 Å². The quantitative estimate of drug-likeness (QED) is 0.0928. The summed E-state index contributed by atoms with van der Waals surface area (Å²) in [6, 6.07) is 19.6. The summed E-state index contributed by atoms with van der Waals surface area (Å²) in [5, 5.41) is 29.5. The molecule has 0 aliphatic rings. The van der Waals surface area contributed by atoms with Crippen molar-refractivity contribution in [3.8, 4) is 22.8 Å². The fourth-order valence-electron chi connectivity index (χ4n) is 4.10. The fraction of sp³-hybridized carbons (Fsp3) is 0.214. The average Bonchev–Trinajstić information content (AvgIpc) is 3.33. The van der Waals surface area contributed by atoms with Crippen LogP contribution in [0.25, 0.3) is 27.7 Å². The molecule has 4 rings (SSSR count). The molecule has 1 amide bonds. The third kappa shape index (κ3) is 7.64. The molecule has 1 heterocycles. The summed E-state index contributed by atoms with van der Waals surface area (Å²) in [6.07, 6.45) is 0.522. The predicted octanol–water partition coefficient (Wildman–Crippen LogP) is 4.60. The van der Waals surface area contributed by atoms with E-state index < -0.39 is 17.9 Å². The molecule has 40 heavy (non-hydrogen) atoms. The van der Waals surface area contributed by atoms with E-state index in [-0.39, 0.29) is 25.4 Å². The number of nitrogens with one attached hydrogen (secondary N) is 3. The Morgan fingerprint density at radius 2 is 1.77 bits per heavy atom. The zero-order chi connectivity index (χ0) is 28.6. The normalized spacial score (nSPS) is 11.7. The number of benzene rings is 3. The number of ether oxygens (including phenoxy) is 1. The largest absolute Gasteiger partial charge is 0.480 e. The fourth-order valence-corrected chi connectivity index (χ4v) is 4.63. The lowest BCUT2D eigenvalue weighted by molar-refractivity contribution is -0.142. The Balaban J connectivity index is 1.49. The number of rotatable bonds is 12. The van der Waals surface area contributed by atoms with Crippen LogP contribution >= 0.6 is 23.2 Å². The lowest BCUT2D eigenvalue weighted by atomic mass is 10.1. The number of hydrogen-bond donors (Lipinski definition) is 5. The van der Waals surface area contributed by atoms with Crippen molar-refractivity contribution in [1.29, 1.82) is 5.41 Å². The Kier molecular flexibility index (Phi) is 9.47. The smallest absolute Gasteiger partial charge is 0.326 e. The van der Waals surface area contributed by atoms with E-state index in [1.807, 2.05) is 42.5 Å². The molecule has 0 radical (unpaired) electrons. The molecule has 0 aliphatic heterocycles. The van der Waals surface area contributed by atoms with E-state index in [4.69, 9.17) is 44.2 Å². The van der Waals surface area contributed by atoms with Crippen molar-refractivity contribution in [2.45, 2.75) is 25.3 Å². The van der Waals surface area contributed by atoms with E-state index in [1.54, 1.807) is 28.9 Å². The van der Waals surface area contributed by atoms with Gasteiger partial charge in [-0.3, -0.25) is 10.2 Å². The van der Waals surface area contributed by atoms with E-state index in [2.05, 4.69) is 10.6 Å². The first-order valence-corrected chi connectivity index (χ1v) is 13.2. The van der Waals surface area contributed by atoms with Crippen molar-refractivity contribution in [2.75, 3.05) is 13.2 Å². The number of aromatic nitrogens is 2. The molecule has 1 aromatic heterocycles. The average molecular weight is 583 g/mol. The monoisotopic (exact) mass is 582 g/mol. The van der Waals surface area contributed by atoms with Gasteiger partial charge in [-0.15, -0.1) is 0 Å². The molecule has 0 aliphatic carbocycles. The summed E-state index contributed by atoms with van der Waals surface area (Å²) < 4.78 is 7.62. The number of carboxylic acids is 1. The molecule has 0 unspecified atom stereocenters. The summed E-state index contributed by atoms with van der Waals surface area (Å²) >= 11 is 12.4. The van der Waals surface area contributed by atoms with Gasteiger partial charge in [-0.1, -0.05) is 53.5 Å². The highest BCUT2D eigenvalue weighted by atomic mass is 35.5. The summed E-state index contributed by atoms with van der Waals surface area (Å²) in [4.78, 5) is 24.1. The van der Waals surface area contributed by atoms with Gasteiger partial charge in [0.15, 0.2) is 5.96 Å². The highest BCUT2D eigenvalue weighted by Gasteiger charge is 2.20.